The highest BCUT2D eigenvalue weighted by molar-refractivity contribution is 6.00. The maximum absolute atomic E-state index is 13.3. The van der Waals surface area contributed by atoms with E-state index in [-0.39, 0.29) is 6.61 Å². The Kier molecular flexibility index (Phi) is 9.38. The number of carbonyl (C=O) groups is 1. The average Bonchev–Trinajstić information content (AvgIpc) is 3.37. The number of carbonyl (C=O) groups excluding carboxylic acids is 1. The lowest BCUT2D eigenvalue weighted by Crippen LogP contribution is -2.20. The number of nitrogens with one attached hydrogen (secondary N) is 1. The summed E-state index contributed by atoms with van der Waals surface area (Å²) in [6.45, 7) is 1.85. The van der Waals surface area contributed by atoms with Crippen LogP contribution in [0.15, 0.2) is 114 Å². The number of rotatable bonds is 11. The summed E-state index contributed by atoms with van der Waals surface area (Å²) in [5.74, 6) is 1.10. The first-order valence-corrected chi connectivity index (χ1v) is 14.0. The number of hydrogen-bond acceptors (Lipinski definition) is 6. The van der Waals surface area contributed by atoms with Gasteiger partial charge < -0.3 is 24.2 Å². The molecule has 0 unspecified atom stereocenters. The summed E-state index contributed by atoms with van der Waals surface area (Å²) in [4.78, 5) is 18.8. The number of nitriles is 1. The molecule has 0 atom stereocenters. The van der Waals surface area contributed by atoms with Crippen molar-refractivity contribution in [2.45, 2.75) is 13.5 Å². The number of oxime groups is 1. The number of nitrogens with zero attached hydrogens (tertiary/aromatic N) is 3. The van der Waals surface area contributed by atoms with E-state index < -0.39 is 5.91 Å². The Morgan fingerprint density at radius 3 is 2.07 bits per heavy atom. The van der Waals surface area contributed by atoms with Crippen molar-refractivity contribution in [1.29, 1.82) is 5.26 Å². The van der Waals surface area contributed by atoms with Crippen LogP contribution in [0.5, 0.6) is 11.5 Å². The van der Waals surface area contributed by atoms with Crippen LogP contribution in [0.2, 0.25) is 0 Å². The normalized spacial score (nSPS) is 11.0. The molecule has 1 aromatic heterocycles. The zero-order valence-electron chi connectivity index (χ0n) is 24.8. The van der Waals surface area contributed by atoms with E-state index in [1.54, 1.807) is 33.3 Å². The lowest BCUT2D eigenvalue weighted by Gasteiger charge is -2.15. The minimum atomic E-state index is -0.448. The first kappa shape index (κ1) is 29.7. The summed E-state index contributed by atoms with van der Waals surface area (Å²) in [6.07, 6.45) is 0. The molecule has 0 saturated carbocycles. The van der Waals surface area contributed by atoms with Crippen LogP contribution >= 0.6 is 0 Å². The van der Waals surface area contributed by atoms with Gasteiger partial charge in [0.1, 0.15) is 17.5 Å². The van der Waals surface area contributed by atoms with E-state index in [1.807, 2.05) is 102 Å². The maximum Gasteiger partial charge on any atom is 0.266 e. The minimum Gasteiger partial charge on any atom is -0.493 e. The van der Waals surface area contributed by atoms with E-state index in [9.17, 15) is 10.1 Å². The summed E-state index contributed by atoms with van der Waals surface area (Å²) in [5.41, 5.74) is 6.06. The maximum atomic E-state index is 13.3. The Morgan fingerprint density at radius 1 is 0.841 bits per heavy atom. The number of aromatic nitrogens is 1. The molecule has 0 saturated heterocycles. The molecule has 4 aromatic carbocycles. The van der Waals surface area contributed by atoms with Crippen LogP contribution < -0.4 is 14.8 Å². The molecule has 5 rings (SSSR count). The smallest absolute Gasteiger partial charge is 0.266 e. The van der Waals surface area contributed by atoms with Crippen LogP contribution in [0, 0.1) is 11.3 Å². The average molecular weight is 585 g/mol. The standard InChI is InChI=1S/C36H32N4O4/c1-25(29-19-20-31(42-2)32(21-29)43-3)39-44-24-33(41)38-36-30(22-37)34(27-15-9-5-10-16-27)35(28-17-11-6-12-18-28)40(36)23-26-13-7-4-8-14-26/h4-21H,23-24H2,1-3H3,(H,38,41). The van der Waals surface area contributed by atoms with Gasteiger partial charge in [-0.1, -0.05) is 96.2 Å². The van der Waals surface area contributed by atoms with Crippen LogP contribution in [-0.2, 0) is 16.2 Å². The van der Waals surface area contributed by atoms with Crippen molar-refractivity contribution < 1.29 is 19.1 Å². The highest BCUT2D eigenvalue weighted by Crippen LogP contribution is 2.42. The van der Waals surface area contributed by atoms with Gasteiger partial charge in [0.15, 0.2) is 18.1 Å². The quantitative estimate of drug-likeness (QED) is 0.131. The zero-order valence-corrected chi connectivity index (χ0v) is 24.8. The summed E-state index contributed by atoms with van der Waals surface area (Å²) in [7, 11) is 3.13. The molecule has 8 heteroatoms. The fraction of sp³-hybridized carbons (Fsp3) is 0.139. The van der Waals surface area contributed by atoms with Crippen LogP contribution in [0.1, 0.15) is 23.6 Å². The monoisotopic (exact) mass is 584 g/mol. The second kappa shape index (κ2) is 13.9. The second-order valence-corrected chi connectivity index (χ2v) is 9.93. The third kappa shape index (κ3) is 6.48. The Labute approximate surface area is 256 Å². The molecule has 44 heavy (non-hydrogen) atoms. The Hall–Kier alpha value is -5.81. The summed E-state index contributed by atoms with van der Waals surface area (Å²) < 4.78 is 12.7. The second-order valence-electron chi connectivity index (χ2n) is 9.93. The van der Waals surface area contributed by atoms with E-state index in [2.05, 4.69) is 16.5 Å². The molecule has 0 radical (unpaired) electrons. The first-order valence-electron chi connectivity index (χ1n) is 14.0. The highest BCUT2D eigenvalue weighted by atomic mass is 16.6. The topological polar surface area (TPSA) is 97.9 Å². The van der Waals surface area contributed by atoms with Crippen molar-refractivity contribution in [3.05, 3.63) is 126 Å². The number of anilines is 1. The van der Waals surface area contributed by atoms with Gasteiger partial charge in [-0.2, -0.15) is 5.26 Å². The first-order chi connectivity index (χ1) is 21.5. The van der Waals surface area contributed by atoms with E-state index >= 15 is 0 Å². The van der Waals surface area contributed by atoms with Crippen LogP contribution in [0.3, 0.4) is 0 Å². The van der Waals surface area contributed by atoms with Crippen molar-refractivity contribution >= 4 is 17.4 Å². The lowest BCUT2D eigenvalue weighted by atomic mass is 9.98. The summed E-state index contributed by atoms with van der Waals surface area (Å²) in [6, 6.07) is 37.3. The predicted octanol–water partition coefficient (Wildman–Crippen LogP) is 7.14. The van der Waals surface area contributed by atoms with Crippen LogP contribution in [-0.4, -0.2) is 37.0 Å². The fourth-order valence-corrected chi connectivity index (χ4v) is 5.03. The van der Waals surface area contributed by atoms with E-state index in [0.717, 1.165) is 33.5 Å². The lowest BCUT2D eigenvalue weighted by molar-refractivity contribution is -0.120. The molecule has 1 heterocycles. The fourth-order valence-electron chi connectivity index (χ4n) is 5.03. The van der Waals surface area contributed by atoms with Gasteiger partial charge in [-0.05, 0) is 41.8 Å². The number of amides is 1. The third-order valence-corrected chi connectivity index (χ3v) is 7.12. The van der Waals surface area contributed by atoms with Gasteiger partial charge in [-0.25, -0.2) is 0 Å². The summed E-state index contributed by atoms with van der Waals surface area (Å²) >= 11 is 0. The molecule has 8 nitrogen and oxygen atoms in total. The van der Waals surface area contributed by atoms with Gasteiger partial charge >= 0.3 is 0 Å². The zero-order chi connectivity index (χ0) is 30.9. The third-order valence-electron chi connectivity index (χ3n) is 7.12. The molecule has 0 bridgehead atoms. The molecule has 1 N–H and O–H groups in total. The largest absolute Gasteiger partial charge is 0.493 e. The number of methoxy groups -OCH3 is 2. The van der Waals surface area contributed by atoms with Gasteiger partial charge in [-0.3, -0.25) is 4.79 Å². The number of benzene rings is 4. The highest BCUT2D eigenvalue weighted by Gasteiger charge is 2.26. The van der Waals surface area contributed by atoms with Crippen LogP contribution in [0.25, 0.3) is 22.4 Å². The molecule has 0 aliphatic carbocycles. The van der Waals surface area contributed by atoms with Gasteiger partial charge in [0.05, 0.1) is 25.6 Å². The summed E-state index contributed by atoms with van der Waals surface area (Å²) in [5, 5.41) is 17.6. The molecule has 1 amide bonds. The predicted molar refractivity (Wildman–Crippen MR) is 172 cm³/mol. The molecule has 5 aromatic rings. The van der Waals surface area contributed by atoms with Gasteiger partial charge in [0, 0.05) is 17.7 Å². The van der Waals surface area contributed by atoms with Crippen molar-refractivity contribution in [3.63, 3.8) is 0 Å². The van der Waals surface area contributed by atoms with Gasteiger partial charge in [0.25, 0.3) is 5.91 Å². The molecule has 0 spiro atoms. The van der Waals surface area contributed by atoms with E-state index in [1.165, 1.54) is 0 Å². The molecule has 0 aliphatic heterocycles. The molecule has 0 aliphatic rings. The molecular formula is C36H32N4O4. The number of hydrogen-bond donors (Lipinski definition) is 1. The van der Waals surface area contributed by atoms with Crippen molar-refractivity contribution in [2.75, 3.05) is 26.1 Å². The SMILES string of the molecule is COc1ccc(C(C)=NOCC(=O)Nc2c(C#N)c(-c3ccccc3)c(-c3ccccc3)n2Cc2ccccc2)cc1OC. The molecule has 220 valence electrons. The van der Waals surface area contributed by atoms with Gasteiger partial charge in [-0.15, -0.1) is 0 Å². The van der Waals surface area contributed by atoms with Crippen LogP contribution in [0.4, 0.5) is 5.82 Å². The van der Waals surface area contributed by atoms with Crippen molar-refractivity contribution in [2.24, 2.45) is 5.16 Å². The van der Waals surface area contributed by atoms with E-state index in [0.29, 0.717) is 35.1 Å². The molecular weight excluding hydrogens is 552 g/mol. The number of ether oxygens (including phenoxy) is 2. The van der Waals surface area contributed by atoms with Crippen molar-refractivity contribution in [3.8, 4) is 40.0 Å². The minimum absolute atomic E-state index is 0.354. The Bertz CT molecular complexity index is 1810. The molecule has 0 fully saturated rings. The Balaban J connectivity index is 1.51. The van der Waals surface area contributed by atoms with Crippen molar-refractivity contribution in [1.82, 2.24) is 4.57 Å². The van der Waals surface area contributed by atoms with E-state index in [4.69, 9.17) is 14.3 Å². The Morgan fingerprint density at radius 2 is 1.45 bits per heavy atom. The van der Waals surface area contributed by atoms with Gasteiger partial charge in [0.2, 0.25) is 0 Å².